The smallest absolute Gasteiger partial charge is 0.231 e. The van der Waals surface area contributed by atoms with E-state index >= 15 is 0 Å². The van der Waals surface area contributed by atoms with Crippen LogP contribution in [0.5, 0.6) is 0 Å². The second-order valence-corrected chi connectivity index (χ2v) is 5.27. The van der Waals surface area contributed by atoms with Gasteiger partial charge in [-0.25, -0.2) is 0 Å². The van der Waals surface area contributed by atoms with Crippen LogP contribution in [0.4, 0.5) is 0 Å². The van der Waals surface area contributed by atoms with E-state index in [1.165, 1.54) is 38.5 Å². The average molecular weight is 274 g/mol. The van der Waals surface area contributed by atoms with Crippen molar-refractivity contribution in [3.05, 3.63) is 0 Å². The molecule has 112 valence electrons. The van der Waals surface area contributed by atoms with E-state index in [1.54, 1.807) is 0 Å². The van der Waals surface area contributed by atoms with Gasteiger partial charge in [0, 0.05) is 25.7 Å². The molecule has 2 aliphatic carbocycles. The van der Waals surface area contributed by atoms with E-state index in [1.807, 2.05) is 0 Å². The molecule has 0 saturated heterocycles. The zero-order valence-electron chi connectivity index (χ0n) is 11.4. The Morgan fingerprint density at radius 1 is 0.632 bits per heavy atom. The van der Waals surface area contributed by atoms with Crippen LogP contribution in [-0.2, 0) is 5.48 Å². The highest BCUT2D eigenvalue weighted by atomic mass is 16.5. The summed E-state index contributed by atoms with van der Waals surface area (Å²) in [5.41, 5.74) is 13.7. The Balaban J connectivity index is 0.000000324. The van der Waals surface area contributed by atoms with Crippen molar-refractivity contribution in [2.45, 2.75) is 76.3 Å². The van der Waals surface area contributed by atoms with Crippen LogP contribution in [-0.4, -0.2) is 32.2 Å². The molecule has 0 atom stereocenters. The fraction of sp³-hybridized carbons (Fsp3) is 1.00. The molecule has 19 heavy (non-hydrogen) atoms. The Kier molecular flexibility index (Phi) is 9.03. The number of hydrogen-bond acceptors (Lipinski definition) is 2. The molecule has 0 aromatic carbocycles. The van der Waals surface area contributed by atoms with Gasteiger partial charge in [-0.2, -0.15) is 0 Å². The number of nitrogens with one attached hydrogen (secondary N) is 2. The Morgan fingerprint density at radius 3 is 1.05 bits per heavy atom. The summed E-state index contributed by atoms with van der Waals surface area (Å²) in [6.45, 7) is 0. The lowest BCUT2D eigenvalue weighted by Gasteiger charge is -2.11. The Labute approximate surface area is 114 Å². The molecule has 7 heteroatoms. The third-order valence-electron chi connectivity index (χ3n) is 3.84. The molecule has 2 fully saturated rings. The molecule has 0 amide bonds. The van der Waals surface area contributed by atoms with Crippen LogP contribution in [0.1, 0.15) is 64.2 Å². The van der Waals surface area contributed by atoms with Gasteiger partial charge >= 0.3 is 0 Å². The maximum absolute atomic E-state index is 8.68. The molecule has 0 aromatic rings. The van der Waals surface area contributed by atoms with E-state index in [0.29, 0.717) is 9.72 Å². The highest BCUT2D eigenvalue weighted by Gasteiger charge is 2.24. The topological polar surface area (TPSA) is 123 Å². The number of hydroxylamine groups is 2. The predicted octanol–water partition coefficient (Wildman–Crippen LogP) is 3.38. The van der Waals surface area contributed by atoms with Gasteiger partial charge in [0.1, 0.15) is 0 Å². The molecule has 0 unspecified atom stereocenters. The first-order valence-corrected chi connectivity index (χ1v) is 7.00. The molecule has 0 radical (unpaired) electrons. The van der Waals surface area contributed by atoms with Crippen LogP contribution in [0.15, 0.2) is 0 Å². The minimum Gasteiger partial charge on any atom is -2.00 e. The van der Waals surface area contributed by atoms with Gasteiger partial charge in [-0.05, 0) is 36.7 Å². The molecule has 2 saturated carbocycles. The second-order valence-electron chi connectivity index (χ2n) is 5.27. The fourth-order valence-corrected chi connectivity index (χ4v) is 2.65. The first-order chi connectivity index (χ1) is 8.61. The van der Waals surface area contributed by atoms with Crippen LogP contribution in [0, 0.1) is 11.1 Å². The summed E-state index contributed by atoms with van der Waals surface area (Å²) in [6, 6.07) is 0.220. The summed E-state index contributed by atoms with van der Waals surface area (Å²) >= 11 is 0. The lowest BCUT2D eigenvalue weighted by molar-refractivity contribution is -0.863. The van der Waals surface area contributed by atoms with Gasteiger partial charge in [-0.15, -0.1) is 0 Å². The highest BCUT2D eigenvalue weighted by molar-refractivity contribution is 4.62. The van der Waals surface area contributed by atoms with Crippen molar-refractivity contribution in [3.8, 4) is 0 Å². The third-order valence-corrected chi connectivity index (χ3v) is 3.84. The summed E-state index contributed by atoms with van der Waals surface area (Å²) in [4.78, 5) is 1.22. The van der Waals surface area contributed by atoms with Gasteiger partial charge < -0.3 is 5.48 Å². The summed E-state index contributed by atoms with van der Waals surface area (Å²) in [6.07, 6.45) is 11.1. The van der Waals surface area contributed by atoms with Crippen molar-refractivity contribution < 1.29 is 25.6 Å². The standard InChI is InChI=1S/2C6H13N2O.O/c2*7-8(9)6-4-2-1-3-5-6;/h2*6H,1-5H2,(H2,7,9);/q2*+1;-2. The van der Waals surface area contributed by atoms with Gasteiger partial charge in [-0.1, -0.05) is 12.8 Å². The van der Waals surface area contributed by atoms with Gasteiger partial charge in [0.25, 0.3) is 0 Å². The number of rotatable bonds is 2. The van der Waals surface area contributed by atoms with Gasteiger partial charge in [-0.3, -0.25) is 10.4 Å². The van der Waals surface area contributed by atoms with Crippen molar-refractivity contribution in [3.63, 3.8) is 0 Å². The molecular weight excluding hydrogens is 248 g/mol. The van der Waals surface area contributed by atoms with E-state index in [4.69, 9.17) is 21.5 Å². The molecular formula is C12H26N4O3. The minimum atomic E-state index is 0. The van der Waals surface area contributed by atoms with Crippen molar-refractivity contribution in [2.75, 3.05) is 0 Å². The van der Waals surface area contributed by atoms with Crippen LogP contribution in [0.25, 0.3) is 0 Å². The summed E-state index contributed by atoms with van der Waals surface area (Å²) in [7, 11) is 0. The quantitative estimate of drug-likeness (QED) is 0.350. The molecule has 0 bridgehead atoms. The van der Waals surface area contributed by atoms with Crippen LogP contribution in [0.2, 0.25) is 0 Å². The van der Waals surface area contributed by atoms with Crippen LogP contribution < -0.4 is 0 Å². The van der Waals surface area contributed by atoms with Crippen molar-refractivity contribution in [1.82, 2.24) is 0 Å². The minimum absolute atomic E-state index is 0. The van der Waals surface area contributed by atoms with Gasteiger partial charge in [0.05, 0.1) is 9.72 Å². The number of nitrogens with zero attached hydrogens (tertiary/aromatic N) is 2. The lowest BCUT2D eigenvalue weighted by Crippen LogP contribution is -2.23. The molecule has 2 rings (SSSR count). The first-order valence-electron chi connectivity index (χ1n) is 7.00. The third kappa shape index (κ3) is 7.05. The predicted molar refractivity (Wildman–Crippen MR) is 64.0 cm³/mol. The molecule has 0 aliphatic heterocycles. The lowest BCUT2D eigenvalue weighted by atomic mass is 9.96. The van der Waals surface area contributed by atoms with Gasteiger partial charge in [0.2, 0.25) is 12.1 Å². The molecule has 0 aromatic heterocycles. The van der Waals surface area contributed by atoms with E-state index in [2.05, 4.69) is 0 Å². The van der Waals surface area contributed by atoms with Gasteiger partial charge in [0.15, 0.2) is 0 Å². The monoisotopic (exact) mass is 274 g/mol. The van der Waals surface area contributed by atoms with E-state index in [-0.39, 0.29) is 17.6 Å². The first kappa shape index (κ1) is 17.8. The summed E-state index contributed by atoms with van der Waals surface area (Å²) in [5.74, 6) is 0. The maximum Gasteiger partial charge on any atom is 0.231 e. The van der Waals surface area contributed by atoms with Crippen molar-refractivity contribution in [1.29, 1.82) is 11.1 Å². The Bertz CT molecular complexity index is 246. The van der Waals surface area contributed by atoms with Crippen molar-refractivity contribution >= 4 is 0 Å². The number of hydrogen-bond donors (Lipinski definition) is 4. The highest BCUT2D eigenvalue weighted by Crippen LogP contribution is 2.19. The van der Waals surface area contributed by atoms with E-state index < -0.39 is 0 Å². The zero-order valence-corrected chi connectivity index (χ0v) is 11.4. The molecule has 7 nitrogen and oxygen atoms in total. The Morgan fingerprint density at radius 2 is 0.895 bits per heavy atom. The molecule has 2 aliphatic rings. The average Bonchev–Trinajstić information content (AvgIpc) is 2.41. The SMILES string of the molecule is N=[N+](O)C1CCCCC1.N=[N+](O)C1CCCCC1.[O-2]. The zero-order chi connectivity index (χ0) is 13.4. The fourth-order valence-electron chi connectivity index (χ4n) is 2.65. The maximum atomic E-state index is 8.68. The largest absolute Gasteiger partial charge is 2.00 e. The van der Waals surface area contributed by atoms with E-state index in [9.17, 15) is 0 Å². The molecule has 4 N–H and O–H groups in total. The van der Waals surface area contributed by atoms with Crippen molar-refractivity contribution in [2.24, 2.45) is 0 Å². The normalized spacial score (nSPS) is 20.6. The summed E-state index contributed by atoms with van der Waals surface area (Å²) in [5, 5.41) is 17.4. The summed E-state index contributed by atoms with van der Waals surface area (Å²) < 4.78 is 0. The van der Waals surface area contributed by atoms with Crippen LogP contribution >= 0.6 is 0 Å². The molecule has 0 heterocycles. The van der Waals surface area contributed by atoms with Crippen LogP contribution in [0.3, 0.4) is 0 Å². The van der Waals surface area contributed by atoms with E-state index in [0.717, 1.165) is 25.7 Å². The second kappa shape index (κ2) is 9.66. The Hall–Kier alpha value is -1.24. The molecule has 0 spiro atoms.